The number of fused-ring (bicyclic) bond motifs is 1. The molecule has 0 bridgehead atoms. The van der Waals surface area contributed by atoms with Gasteiger partial charge in [0.05, 0.1) is 16.3 Å². The van der Waals surface area contributed by atoms with Gasteiger partial charge in [0.15, 0.2) is 11.0 Å². The number of carbonyl (C=O) groups excluding carboxylic acids is 1. The van der Waals surface area contributed by atoms with E-state index in [-0.39, 0.29) is 23.3 Å². The number of rotatable bonds is 7. The molecule has 1 N–H and O–H groups in total. The predicted molar refractivity (Wildman–Crippen MR) is 131 cm³/mol. The molecule has 1 amide bonds. The van der Waals surface area contributed by atoms with Crippen LogP contribution < -0.4 is 10.1 Å². The largest absolute Gasteiger partial charge is 0.484 e. The molecule has 0 saturated carbocycles. The SMILES string of the molecule is Cn1c(COc2ccc(F)cc2Cl)nnc1SCC(=O)Nc1sc2c(c1C#N)CCCCCC2. The van der Waals surface area contributed by atoms with E-state index in [1.807, 2.05) is 0 Å². The van der Waals surface area contributed by atoms with Gasteiger partial charge in [0.2, 0.25) is 5.91 Å². The van der Waals surface area contributed by atoms with Crippen molar-refractivity contribution in [3.63, 3.8) is 0 Å². The van der Waals surface area contributed by atoms with Gasteiger partial charge in [-0.2, -0.15) is 5.26 Å². The highest BCUT2D eigenvalue weighted by molar-refractivity contribution is 7.99. The first kappa shape index (κ1) is 24.5. The Morgan fingerprint density at radius 2 is 2.12 bits per heavy atom. The van der Waals surface area contributed by atoms with E-state index in [2.05, 4.69) is 21.6 Å². The number of aryl methyl sites for hydroxylation is 1. The summed E-state index contributed by atoms with van der Waals surface area (Å²) in [5.74, 6) is 0.369. The van der Waals surface area contributed by atoms with Gasteiger partial charge in [-0.05, 0) is 49.4 Å². The quantitative estimate of drug-likeness (QED) is 0.414. The predicted octanol–water partition coefficient (Wildman–Crippen LogP) is 5.51. The van der Waals surface area contributed by atoms with Gasteiger partial charge in [-0.3, -0.25) is 4.79 Å². The number of thiophene rings is 1. The van der Waals surface area contributed by atoms with Crippen LogP contribution in [0, 0.1) is 17.1 Å². The van der Waals surface area contributed by atoms with Gasteiger partial charge in [0, 0.05) is 11.9 Å². The first-order valence-corrected chi connectivity index (χ1v) is 13.1. The molecule has 0 aliphatic heterocycles. The molecule has 178 valence electrons. The molecular weight excluding hydrogens is 497 g/mol. The maximum atomic E-state index is 13.2. The normalized spacial score (nSPS) is 13.5. The van der Waals surface area contributed by atoms with E-state index >= 15 is 0 Å². The number of ether oxygens (including phenoxy) is 1. The zero-order chi connectivity index (χ0) is 24.1. The van der Waals surface area contributed by atoms with Crippen LogP contribution in [0.5, 0.6) is 5.75 Å². The second-order valence-corrected chi connectivity index (χ2v) is 10.3. The molecule has 7 nitrogen and oxygen atoms in total. The van der Waals surface area contributed by atoms with Crippen molar-refractivity contribution in [1.29, 1.82) is 5.26 Å². The smallest absolute Gasteiger partial charge is 0.235 e. The van der Waals surface area contributed by atoms with Crippen molar-refractivity contribution in [2.75, 3.05) is 11.1 Å². The maximum Gasteiger partial charge on any atom is 0.235 e. The van der Waals surface area contributed by atoms with E-state index in [0.717, 1.165) is 31.2 Å². The summed E-state index contributed by atoms with van der Waals surface area (Å²) in [6, 6.07) is 6.20. The summed E-state index contributed by atoms with van der Waals surface area (Å²) < 4.78 is 20.5. The Morgan fingerprint density at radius 3 is 2.88 bits per heavy atom. The van der Waals surface area contributed by atoms with Gasteiger partial charge in [-0.15, -0.1) is 21.5 Å². The first-order chi connectivity index (χ1) is 16.5. The van der Waals surface area contributed by atoms with E-state index in [9.17, 15) is 14.4 Å². The molecule has 1 aromatic carbocycles. The van der Waals surface area contributed by atoms with Crippen molar-refractivity contribution in [3.8, 4) is 11.8 Å². The Balaban J connectivity index is 1.35. The highest BCUT2D eigenvalue weighted by Crippen LogP contribution is 2.36. The zero-order valence-electron chi connectivity index (χ0n) is 18.6. The molecule has 0 fully saturated rings. The number of benzene rings is 1. The summed E-state index contributed by atoms with van der Waals surface area (Å²) in [6.45, 7) is 0.0912. The third kappa shape index (κ3) is 5.71. The molecule has 4 rings (SSSR count). The van der Waals surface area contributed by atoms with Crippen LogP contribution in [-0.2, 0) is 31.3 Å². The van der Waals surface area contributed by atoms with Crippen molar-refractivity contribution < 1.29 is 13.9 Å². The lowest BCUT2D eigenvalue weighted by Crippen LogP contribution is -2.14. The maximum absolute atomic E-state index is 13.2. The first-order valence-electron chi connectivity index (χ1n) is 10.9. The van der Waals surface area contributed by atoms with Gasteiger partial charge >= 0.3 is 0 Å². The molecule has 3 aromatic rings. The van der Waals surface area contributed by atoms with Gasteiger partial charge in [0.1, 0.15) is 29.2 Å². The highest BCUT2D eigenvalue weighted by Gasteiger charge is 2.21. The van der Waals surface area contributed by atoms with Crippen molar-refractivity contribution in [2.45, 2.75) is 50.3 Å². The minimum absolute atomic E-state index is 0.0912. The topological polar surface area (TPSA) is 92.8 Å². The van der Waals surface area contributed by atoms with Gasteiger partial charge in [0.25, 0.3) is 0 Å². The number of amides is 1. The number of carbonyl (C=O) groups is 1. The standard InChI is InChI=1S/C23H23ClFN5O2S2/c1-30-20(12-32-18-9-8-14(25)10-17(18)24)28-29-23(30)33-13-21(31)27-22-16(11-26)15-6-4-2-3-5-7-19(15)34-22/h8-10H,2-7,12-13H2,1H3,(H,27,31). The van der Waals surface area contributed by atoms with Crippen LogP contribution >= 0.6 is 34.7 Å². The number of anilines is 1. The van der Waals surface area contributed by atoms with Gasteiger partial charge < -0.3 is 14.6 Å². The van der Waals surface area contributed by atoms with Crippen molar-refractivity contribution in [3.05, 3.63) is 50.9 Å². The van der Waals surface area contributed by atoms with Crippen LogP contribution in [0.3, 0.4) is 0 Å². The molecule has 2 aromatic heterocycles. The Morgan fingerprint density at radius 1 is 1.32 bits per heavy atom. The molecule has 0 atom stereocenters. The fourth-order valence-corrected chi connectivity index (χ4v) is 5.96. The summed E-state index contributed by atoms with van der Waals surface area (Å²) in [4.78, 5) is 13.9. The third-order valence-corrected chi connectivity index (χ3v) is 8.07. The summed E-state index contributed by atoms with van der Waals surface area (Å²) in [7, 11) is 1.78. The van der Waals surface area contributed by atoms with E-state index in [1.54, 1.807) is 11.6 Å². The highest BCUT2D eigenvalue weighted by atomic mass is 35.5. The van der Waals surface area contributed by atoms with Gasteiger partial charge in [-0.1, -0.05) is 36.2 Å². The Hall–Kier alpha value is -2.61. The lowest BCUT2D eigenvalue weighted by atomic mass is 9.97. The fraction of sp³-hybridized carbons (Fsp3) is 0.391. The van der Waals surface area contributed by atoms with Crippen molar-refractivity contribution in [1.82, 2.24) is 14.8 Å². The van der Waals surface area contributed by atoms with E-state index < -0.39 is 5.82 Å². The minimum Gasteiger partial charge on any atom is -0.484 e. The molecule has 0 radical (unpaired) electrons. The number of nitrogens with one attached hydrogen (secondary N) is 1. The van der Waals surface area contributed by atoms with Crippen LogP contribution in [0.15, 0.2) is 23.4 Å². The lowest BCUT2D eigenvalue weighted by molar-refractivity contribution is -0.113. The molecule has 1 aliphatic rings. The molecule has 0 unspecified atom stereocenters. The van der Waals surface area contributed by atoms with E-state index in [0.29, 0.717) is 27.3 Å². The van der Waals surface area contributed by atoms with Gasteiger partial charge in [-0.25, -0.2) is 4.39 Å². The third-order valence-electron chi connectivity index (χ3n) is 5.54. The van der Waals surface area contributed by atoms with Crippen molar-refractivity contribution >= 4 is 45.6 Å². The van der Waals surface area contributed by atoms with Crippen LogP contribution in [0.25, 0.3) is 0 Å². The Bertz CT molecular complexity index is 1240. The second kappa shape index (κ2) is 11.2. The second-order valence-electron chi connectivity index (χ2n) is 7.89. The Labute approximate surface area is 210 Å². The molecule has 0 spiro atoms. The molecule has 0 saturated heterocycles. The van der Waals surface area contributed by atoms with Crippen molar-refractivity contribution in [2.24, 2.45) is 7.05 Å². The van der Waals surface area contributed by atoms with E-state index in [1.165, 1.54) is 59.0 Å². The number of halogens is 2. The summed E-state index contributed by atoms with van der Waals surface area (Å²) >= 11 is 8.76. The number of thioether (sulfide) groups is 1. The van der Waals surface area contributed by atoms with Crippen LogP contribution in [-0.4, -0.2) is 26.4 Å². The van der Waals surface area contributed by atoms with E-state index in [4.69, 9.17) is 16.3 Å². The summed E-state index contributed by atoms with van der Waals surface area (Å²) in [5.41, 5.74) is 1.71. The van der Waals surface area contributed by atoms with Crippen LogP contribution in [0.4, 0.5) is 9.39 Å². The molecule has 34 heavy (non-hydrogen) atoms. The summed E-state index contributed by atoms with van der Waals surface area (Å²) in [6.07, 6.45) is 6.44. The summed E-state index contributed by atoms with van der Waals surface area (Å²) in [5, 5.41) is 22.2. The average Bonchev–Trinajstić information content (AvgIpc) is 3.30. The lowest BCUT2D eigenvalue weighted by Gasteiger charge is -2.08. The fourth-order valence-electron chi connectivity index (χ4n) is 3.75. The number of aromatic nitrogens is 3. The molecular formula is C23H23ClFN5O2S2. The van der Waals surface area contributed by atoms with Crippen LogP contribution in [0.1, 0.15) is 47.5 Å². The molecule has 11 heteroatoms. The number of nitrogens with zero attached hydrogens (tertiary/aromatic N) is 4. The minimum atomic E-state index is -0.441. The molecule has 1 aliphatic carbocycles. The average molecular weight is 520 g/mol. The molecule has 2 heterocycles. The Kier molecular flexibility index (Phi) is 8.08. The van der Waals surface area contributed by atoms with Crippen LogP contribution in [0.2, 0.25) is 5.02 Å². The number of nitriles is 1. The number of hydrogen-bond donors (Lipinski definition) is 1. The monoisotopic (exact) mass is 519 g/mol. The number of hydrogen-bond acceptors (Lipinski definition) is 7. The zero-order valence-corrected chi connectivity index (χ0v) is 21.0.